The van der Waals surface area contributed by atoms with Gasteiger partial charge < -0.3 is 5.32 Å². The van der Waals surface area contributed by atoms with E-state index in [0.29, 0.717) is 5.25 Å². The summed E-state index contributed by atoms with van der Waals surface area (Å²) in [5, 5.41) is 5.35. The summed E-state index contributed by atoms with van der Waals surface area (Å²) in [6.07, 6.45) is 4.20. The lowest BCUT2D eigenvalue weighted by Crippen LogP contribution is -2.15. The van der Waals surface area contributed by atoms with Gasteiger partial charge in [-0.3, -0.25) is 0 Å². The first-order chi connectivity index (χ1) is 8.29. The van der Waals surface area contributed by atoms with E-state index in [4.69, 9.17) is 0 Å². The number of hydrogen-bond acceptors (Lipinski definition) is 2. The highest BCUT2D eigenvalue weighted by molar-refractivity contribution is 8.14. The largest absolute Gasteiger partial charge is 0.361 e. The van der Waals surface area contributed by atoms with Crippen LogP contribution in [-0.4, -0.2) is 28.0 Å². The second kappa shape index (κ2) is 5.92. The van der Waals surface area contributed by atoms with Gasteiger partial charge in [0.2, 0.25) is 5.04 Å². The molecule has 0 unspecified atom stereocenters. The van der Waals surface area contributed by atoms with Gasteiger partial charge in [0.05, 0.1) is 5.25 Å². The van der Waals surface area contributed by atoms with E-state index in [-0.39, 0.29) is 0 Å². The summed E-state index contributed by atoms with van der Waals surface area (Å²) >= 11 is 1.95. The molecular weight excluding hydrogens is 228 g/mol. The molecule has 1 aliphatic heterocycles. The van der Waals surface area contributed by atoms with Crippen molar-refractivity contribution in [1.29, 1.82) is 0 Å². The minimum Gasteiger partial charge on any atom is -0.361 e. The molecule has 0 aliphatic carbocycles. The van der Waals surface area contributed by atoms with Crippen molar-refractivity contribution in [2.75, 3.05) is 18.4 Å². The molecule has 90 valence electrons. The monoisotopic (exact) mass is 247 g/mol. The fourth-order valence-corrected chi connectivity index (χ4v) is 3.06. The molecule has 0 fully saturated rings. The third-order valence-electron chi connectivity index (χ3n) is 2.74. The summed E-state index contributed by atoms with van der Waals surface area (Å²) in [6.45, 7) is 6.73. The van der Waals surface area contributed by atoms with Gasteiger partial charge in [-0.05, 0) is 37.7 Å². The van der Waals surface area contributed by atoms with Crippen LogP contribution in [0.5, 0.6) is 0 Å². The number of nitrogens with one attached hydrogen (secondary N) is 1. The first-order valence-electron chi connectivity index (χ1n) is 6.06. The van der Waals surface area contributed by atoms with Crippen LogP contribution >= 0.6 is 11.8 Å². The van der Waals surface area contributed by atoms with Gasteiger partial charge in [-0.2, -0.15) is 0 Å². The zero-order chi connectivity index (χ0) is 12.1. The molecule has 3 heteroatoms. The molecule has 1 aromatic rings. The third-order valence-corrected chi connectivity index (χ3v) is 3.93. The summed E-state index contributed by atoms with van der Waals surface area (Å²) in [4.78, 5) is 0. The van der Waals surface area contributed by atoms with Gasteiger partial charge in [0.25, 0.3) is 0 Å². The fraction of sp³-hybridized carbons (Fsp3) is 0.357. The van der Waals surface area contributed by atoms with Gasteiger partial charge in [0.15, 0.2) is 6.54 Å². The van der Waals surface area contributed by atoms with Crippen molar-refractivity contribution in [3.05, 3.63) is 42.6 Å². The molecule has 17 heavy (non-hydrogen) atoms. The van der Waals surface area contributed by atoms with Crippen molar-refractivity contribution >= 4 is 22.5 Å². The molecule has 0 amide bonds. The van der Waals surface area contributed by atoms with Crippen molar-refractivity contribution < 1.29 is 4.58 Å². The second-order valence-electron chi connectivity index (χ2n) is 4.15. The standard InChI is InChI=1S/C14H18N2S/c1-3-16-11-12(2)17-14(16)9-10-15-13-7-5-4-6-8-13/h4-10,12H,3,11H2,1-2H3/p+1/t12-/m0/s1. The Labute approximate surface area is 107 Å². The van der Waals surface area contributed by atoms with Crippen LogP contribution in [0.2, 0.25) is 0 Å². The Morgan fingerprint density at radius 1 is 1.41 bits per heavy atom. The Hall–Kier alpha value is -1.22. The SMILES string of the molecule is CC[N+]1=C(/C=C/Nc2ccccc2)S[C@@H](C)C1. The van der Waals surface area contributed by atoms with Crippen LogP contribution in [0.1, 0.15) is 13.8 Å². The predicted molar refractivity (Wildman–Crippen MR) is 76.9 cm³/mol. The van der Waals surface area contributed by atoms with E-state index in [9.17, 15) is 0 Å². The van der Waals surface area contributed by atoms with Crippen LogP contribution in [0.15, 0.2) is 42.6 Å². The van der Waals surface area contributed by atoms with E-state index in [1.54, 1.807) is 0 Å². The number of nitrogens with zero attached hydrogens (tertiary/aromatic N) is 1. The zero-order valence-corrected chi connectivity index (χ0v) is 11.2. The van der Waals surface area contributed by atoms with E-state index in [1.165, 1.54) is 5.04 Å². The van der Waals surface area contributed by atoms with Crippen molar-refractivity contribution in [2.24, 2.45) is 0 Å². The Kier molecular flexibility index (Phi) is 4.26. The highest BCUT2D eigenvalue weighted by atomic mass is 32.2. The highest BCUT2D eigenvalue weighted by Gasteiger charge is 2.25. The van der Waals surface area contributed by atoms with Crippen LogP contribution in [-0.2, 0) is 0 Å². The summed E-state index contributed by atoms with van der Waals surface area (Å²) in [5.74, 6) is 0. The lowest BCUT2D eigenvalue weighted by Gasteiger charge is -1.98. The van der Waals surface area contributed by atoms with Crippen molar-refractivity contribution in [3.63, 3.8) is 0 Å². The summed E-state index contributed by atoms with van der Waals surface area (Å²) in [6, 6.07) is 10.2. The van der Waals surface area contributed by atoms with Crippen LogP contribution in [0.3, 0.4) is 0 Å². The number of para-hydroxylation sites is 1. The number of thioether (sulfide) groups is 1. The Morgan fingerprint density at radius 2 is 2.18 bits per heavy atom. The zero-order valence-electron chi connectivity index (χ0n) is 10.4. The molecule has 2 rings (SSSR count). The van der Waals surface area contributed by atoms with Crippen LogP contribution < -0.4 is 5.32 Å². The average Bonchev–Trinajstić information content (AvgIpc) is 2.71. The smallest absolute Gasteiger partial charge is 0.236 e. The van der Waals surface area contributed by atoms with Crippen LogP contribution in [0, 0.1) is 0 Å². The maximum Gasteiger partial charge on any atom is 0.236 e. The Balaban J connectivity index is 1.97. The van der Waals surface area contributed by atoms with Gasteiger partial charge >= 0.3 is 0 Å². The van der Waals surface area contributed by atoms with Crippen LogP contribution in [0.25, 0.3) is 0 Å². The topological polar surface area (TPSA) is 15.0 Å². The molecule has 0 spiro atoms. The van der Waals surface area contributed by atoms with E-state index >= 15 is 0 Å². The summed E-state index contributed by atoms with van der Waals surface area (Å²) in [7, 11) is 0. The van der Waals surface area contributed by atoms with E-state index in [1.807, 2.05) is 36.2 Å². The van der Waals surface area contributed by atoms with E-state index in [0.717, 1.165) is 18.8 Å². The first-order valence-corrected chi connectivity index (χ1v) is 6.94. The van der Waals surface area contributed by atoms with Gasteiger partial charge in [-0.1, -0.05) is 18.2 Å². The fourth-order valence-electron chi connectivity index (χ4n) is 1.89. The van der Waals surface area contributed by atoms with Crippen molar-refractivity contribution in [1.82, 2.24) is 0 Å². The maximum absolute atomic E-state index is 3.29. The average molecular weight is 247 g/mol. The molecule has 1 atom stereocenters. The van der Waals surface area contributed by atoms with Gasteiger partial charge in [0.1, 0.15) is 6.54 Å². The van der Waals surface area contributed by atoms with Gasteiger partial charge in [-0.25, -0.2) is 4.58 Å². The molecular formula is C14H19N2S+. The molecule has 1 N–H and O–H groups in total. The molecule has 0 radical (unpaired) electrons. The molecule has 1 aliphatic rings. The lowest BCUT2D eigenvalue weighted by molar-refractivity contribution is -0.516. The minimum atomic E-state index is 0.700. The summed E-state index contributed by atoms with van der Waals surface area (Å²) in [5.41, 5.74) is 1.13. The molecule has 2 nitrogen and oxygen atoms in total. The van der Waals surface area contributed by atoms with Gasteiger partial charge in [-0.15, -0.1) is 0 Å². The Morgan fingerprint density at radius 3 is 2.88 bits per heavy atom. The molecule has 0 aromatic heterocycles. The van der Waals surface area contributed by atoms with E-state index < -0.39 is 0 Å². The molecule has 1 heterocycles. The predicted octanol–water partition coefficient (Wildman–Crippen LogP) is 3.18. The number of anilines is 1. The van der Waals surface area contributed by atoms with Crippen molar-refractivity contribution in [3.8, 4) is 0 Å². The number of rotatable bonds is 4. The molecule has 0 bridgehead atoms. The molecule has 0 saturated carbocycles. The normalized spacial score (nSPS) is 20.2. The molecule has 0 saturated heterocycles. The van der Waals surface area contributed by atoms with Crippen LogP contribution in [0.4, 0.5) is 5.69 Å². The second-order valence-corrected chi connectivity index (χ2v) is 5.61. The maximum atomic E-state index is 3.29. The Bertz CT molecular complexity index is 423. The first kappa shape index (κ1) is 12.2. The number of benzene rings is 1. The quantitative estimate of drug-likeness (QED) is 0.822. The minimum absolute atomic E-state index is 0.700. The molecule has 1 aromatic carbocycles. The van der Waals surface area contributed by atoms with Crippen molar-refractivity contribution in [2.45, 2.75) is 19.1 Å². The van der Waals surface area contributed by atoms with Gasteiger partial charge in [0, 0.05) is 18.0 Å². The summed E-state index contributed by atoms with van der Waals surface area (Å²) < 4.78 is 2.42. The third kappa shape index (κ3) is 3.37. The lowest BCUT2D eigenvalue weighted by atomic mass is 10.3. The van der Waals surface area contributed by atoms with E-state index in [2.05, 4.69) is 41.9 Å². The number of hydrogen-bond donors (Lipinski definition) is 1. The highest BCUT2D eigenvalue weighted by Crippen LogP contribution is 2.20.